The maximum Gasteiger partial charge on any atom is 0.164 e. The van der Waals surface area contributed by atoms with Gasteiger partial charge in [-0.15, -0.1) is 34.9 Å². The van der Waals surface area contributed by atoms with E-state index in [9.17, 15) is 9.90 Å². The van der Waals surface area contributed by atoms with Crippen LogP contribution in [0.3, 0.4) is 0 Å². The molecule has 55 heavy (non-hydrogen) atoms. The number of benzene rings is 3. The Hall–Kier alpha value is -3.96. The number of ketones is 1. The quantitative estimate of drug-likeness (QED) is 0.0799. The maximum absolute atomic E-state index is 12.2. The summed E-state index contributed by atoms with van der Waals surface area (Å²) in [6.07, 6.45) is 9.76. The number of aliphatic hydroxyl groups excluding tert-OH is 1. The van der Waals surface area contributed by atoms with Crippen molar-refractivity contribution in [3.05, 3.63) is 120 Å². The van der Waals surface area contributed by atoms with Crippen molar-refractivity contribution in [2.75, 3.05) is 0 Å². The number of hydrogen-bond donors (Lipinski definition) is 1. The topological polar surface area (TPSA) is 63.1 Å². The molecule has 0 spiro atoms. The Balaban J connectivity index is 0.000000276. The third-order valence-corrected chi connectivity index (χ3v) is 13.1. The van der Waals surface area contributed by atoms with Crippen LogP contribution < -0.4 is 0 Å². The van der Waals surface area contributed by atoms with Gasteiger partial charge < -0.3 is 5.11 Å². The molecule has 0 atom stereocenters. The molecule has 0 unspecified atom stereocenters. The molecule has 0 fully saturated rings. The average molecular weight is 928 g/mol. The molecular weight excluding hydrogens is 873 g/mol. The van der Waals surface area contributed by atoms with Crippen LogP contribution in [0.2, 0.25) is 0 Å². The van der Waals surface area contributed by atoms with Crippen LogP contribution >= 0.6 is 11.3 Å². The van der Waals surface area contributed by atoms with Crippen LogP contribution in [0.25, 0.3) is 53.8 Å². The number of aromatic nitrogens is 2. The molecule has 1 aliphatic rings. The monoisotopic (exact) mass is 928 g/mol. The first-order valence-electron chi connectivity index (χ1n) is 19.8. The van der Waals surface area contributed by atoms with Gasteiger partial charge in [-0.2, -0.15) is 0 Å². The molecule has 0 saturated heterocycles. The third kappa shape index (κ3) is 8.73. The van der Waals surface area contributed by atoms with Crippen LogP contribution in [0, 0.1) is 22.8 Å². The molecule has 3 heterocycles. The average Bonchev–Trinajstić information content (AvgIpc) is 3.59. The summed E-state index contributed by atoms with van der Waals surface area (Å²) < 4.78 is 1.28. The number of rotatable bonds is 11. The van der Waals surface area contributed by atoms with Gasteiger partial charge in [0.1, 0.15) is 5.76 Å². The molecule has 0 amide bonds. The minimum Gasteiger partial charge on any atom is -0.512 e. The van der Waals surface area contributed by atoms with Crippen molar-refractivity contribution >= 4 is 38.0 Å². The molecule has 0 bridgehead atoms. The minimum atomic E-state index is -0.337. The first kappa shape index (κ1) is 42.2. The van der Waals surface area contributed by atoms with Gasteiger partial charge >= 0.3 is 0 Å². The number of thiophene rings is 1. The second-order valence-corrected chi connectivity index (χ2v) is 16.8. The van der Waals surface area contributed by atoms with Gasteiger partial charge in [0.05, 0.1) is 10.6 Å². The van der Waals surface area contributed by atoms with Crippen LogP contribution in [0.5, 0.6) is 0 Å². The van der Waals surface area contributed by atoms with Gasteiger partial charge in [0.15, 0.2) is 5.78 Å². The van der Waals surface area contributed by atoms with Crippen molar-refractivity contribution in [2.45, 2.75) is 100 Å². The predicted octanol–water partition coefficient (Wildman–Crippen LogP) is 13.6. The molecule has 4 nitrogen and oxygen atoms in total. The fourth-order valence-corrected chi connectivity index (χ4v) is 8.63. The van der Waals surface area contributed by atoms with Crippen molar-refractivity contribution in [3.63, 3.8) is 0 Å². The zero-order valence-electron chi connectivity index (χ0n) is 33.7. The SMILES string of the molecule is CC(C)Cc1ccc2c(n1)-c1sc3ccnc(-c4[c-]c5ccccc5c(-c5ccccc5)c4)c3c1CC2.CCC(C)(CC)C(=O)/C=C(\O)C(C)(CC)CC.[Ir]. The van der Waals surface area contributed by atoms with Crippen molar-refractivity contribution in [2.24, 2.45) is 16.7 Å². The van der Waals surface area contributed by atoms with Crippen LogP contribution in [-0.2, 0) is 44.2 Å². The minimum absolute atomic E-state index is 0. The van der Waals surface area contributed by atoms with Crippen molar-refractivity contribution in [1.82, 2.24) is 9.97 Å². The number of carbonyl (C=O) groups excluding carboxylic acids is 1. The smallest absolute Gasteiger partial charge is 0.164 e. The third-order valence-electron chi connectivity index (χ3n) is 11.9. The Morgan fingerprint density at radius 1 is 0.873 bits per heavy atom. The number of aryl methyl sites for hydroxylation is 2. The van der Waals surface area contributed by atoms with Gasteiger partial charge in [0.2, 0.25) is 0 Å². The van der Waals surface area contributed by atoms with E-state index in [-0.39, 0.29) is 42.5 Å². The predicted molar refractivity (Wildman–Crippen MR) is 229 cm³/mol. The van der Waals surface area contributed by atoms with Crippen molar-refractivity contribution in [3.8, 4) is 33.0 Å². The van der Waals surface area contributed by atoms with E-state index in [2.05, 4.69) is 98.8 Å². The fraction of sp³-hybridized carbons (Fsp3) is 0.367. The Bertz CT molecular complexity index is 2300. The Kier molecular flexibility index (Phi) is 13.7. The van der Waals surface area contributed by atoms with Crippen LogP contribution in [-0.4, -0.2) is 20.9 Å². The number of allylic oxidation sites excluding steroid dienone is 2. The molecule has 7 rings (SSSR count). The summed E-state index contributed by atoms with van der Waals surface area (Å²) >= 11 is 1.87. The largest absolute Gasteiger partial charge is 0.512 e. The van der Waals surface area contributed by atoms with Gasteiger partial charge in [-0.05, 0) is 85.1 Å². The molecule has 1 radical (unpaired) electrons. The molecule has 0 saturated carbocycles. The zero-order valence-corrected chi connectivity index (χ0v) is 36.9. The normalized spacial score (nSPS) is 12.9. The van der Waals surface area contributed by atoms with Gasteiger partial charge in [0, 0.05) is 59.3 Å². The summed E-state index contributed by atoms with van der Waals surface area (Å²) in [5.74, 6) is 0.878. The molecule has 6 aromatic rings. The van der Waals surface area contributed by atoms with E-state index in [1.54, 1.807) is 0 Å². The molecule has 6 heteroatoms. The van der Waals surface area contributed by atoms with E-state index in [4.69, 9.17) is 9.97 Å². The number of nitrogens with zero attached hydrogens (tertiary/aromatic N) is 2. The standard InChI is InChI=1S/C34H27N2S.C15H28O2.Ir/c1-21(2)18-26-14-12-23-13-15-28-31-30(37-34(28)33(23)36-26)16-17-35-32(31)25-19-24-10-6-7-11-27(24)29(20-25)22-8-4-3-5-9-22;1-7-14(5,8-2)12(16)11-13(17)15(6,9-3)10-4;/h3-12,14,16-17,20-21H,13,15,18H2,1-2H3;11,16H,7-10H2,1-6H3;/q-1;;/b;12-11-;. The second kappa shape index (κ2) is 17.9. The van der Waals surface area contributed by atoms with Crippen LogP contribution in [0.15, 0.2) is 96.9 Å². The van der Waals surface area contributed by atoms with Gasteiger partial charge in [-0.3, -0.25) is 14.8 Å². The maximum atomic E-state index is 12.2. The summed E-state index contributed by atoms with van der Waals surface area (Å²) in [6, 6.07) is 31.9. The first-order chi connectivity index (χ1) is 25.9. The van der Waals surface area contributed by atoms with Gasteiger partial charge in [-0.25, -0.2) is 0 Å². The summed E-state index contributed by atoms with van der Waals surface area (Å²) in [5, 5.41) is 13.7. The van der Waals surface area contributed by atoms with E-state index in [0.29, 0.717) is 5.92 Å². The number of fused-ring (bicyclic) bond motifs is 6. The van der Waals surface area contributed by atoms with E-state index in [1.807, 2.05) is 59.1 Å². The Morgan fingerprint density at radius 2 is 1.55 bits per heavy atom. The summed E-state index contributed by atoms with van der Waals surface area (Å²) in [6.45, 7) is 16.6. The fourth-order valence-electron chi connectivity index (χ4n) is 7.36. The van der Waals surface area contributed by atoms with E-state index in [0.717, 1.165) is 61.6 Å². The number of carbonyl (C=O) groups is 1. The molecule has 1 aliphatic carbocycles. The summed E-state index contributed by atoms with van der Waals surface area (Å²) in [5.41, 5.74) is 9.04. The Labute approximate surface area is 345 Å². The molecule has 3 aromatic heterocycles. The van der Waals surface area contributed by atoms with Crippen molar-refractivity contribution < 1.29 is 30.0 Å². The number of pyridine rings is 2. The molecule has 1 N–H and O–H groups in total. The van der Waals surface area contributed by atoms with E-state index in [1.165, 1.54) is 60.1 Å². The van der Waals surface area contributed by atoms with Gasteiger partial charge in [0.25, 0.3) is 0 Å². The van der Waals surface area contributed by atoms with E-state index >= 15 is 0 Å². The second-order valence-electron chi connectivity index (χ2n) is 15.8. The molecule has 0 aliphatic heterocycles. The molecular formula is C49H55IrN2O2S-. The summed E-state index contributed by atoms with van der Waals surface area (Å²) in [7, 11) is 0. The molecule has 289 valence electrons. The first-order valence-corrected chi connectivity index (χ1v) is 20.6. The summed E-state index contributed by atoms with van der Waals surface area (Å²) in [4.78, 5) is 23.6. The number of hydrogen-bond acceptors (Lipinski definition) is 5. The number of aliphatic hydroxyl groups is 1. The van der Waals surface area contributed by atoms with E-state index < -0.39 is 0 Å². The molecule has 3 aromatic carbocycles. The van der Waals surface area contributed by atoms with Crippen LogP contribution in [0.4, 0.5) is 0 Å². The van der Waals surface area contributed by atoms with Gasteiger partial charge in [-0.1, -0.05) is 127 Å². The Morgan fingerprint density at radius 3 is 2.22 bits per heavy atom. The van der Waals surface area contributed by atoms with Crippen LogP contribution in [0.1, 0.15) is 97.9 Å². The van der Waals surface area contributed by atoms with Crippen molar-refractivity contribution in [1.29, 1.82) is 0 Å². The zero-order chi connectivity index (χ0) is 38.6.